The number of ether oxygens (including phenoxy) is 1. The van der Waals surface area contributed by atoms with Gasteiger partial charge in [-0.05, 0) is 124 Å². The van der Waals surface area contributed by atoms with Gasteiger partial charge in [-0.1, -0.05) is 175 Å². The van der Waals surface area contributed by atoms with Gasteiger partial charge >= 0.3 is 6.09 Å². The van der Waals surface area contributed by atoms with Crippen LogP contribution in [0.1, 0.15) is 247 Å². The highest BCUT2D eigenvalue weighted by molar-refractivity contribution is 5.82. The zero-order valence-corrected chi connectivity index (χ0v) is 43.4. The van der Waals surface area contributed by atoms with Gasteiger partial charge in [-0.15, -0.1) is 0 Å². The van der Waals surface area contributed by atoms with E-state index < -0.39 is 6.09 Å². The molecule has 0 aromatic carbocycles. The van der Waals surface area contributed by atoms with Crippen LogP contribution in [0, 0.1) is 46.3 Å². The molecular weight excluding hydrogens is 805 g/mol. The number of carbonyl (C=O) groups is 3. The summed E-state index contributed by atoms with van der Waals surface area (Å²) in [4.78, 5) is 41.1. The summed E-state index contributed by atoms with van der Waals surface area (Å²) in [5.74, 6) is 4.69. The van der Waals surface area contributed by atoms with Crippen molar-refractivity contribution < 1.29 is 19.1 Å². The standard InChI is InChI=1S/C57H104N4O4/c1-7-8-9-10-11-12-13-14-15-16-17-18-19-20-21-22-23-30-53(62)59-41-27-42-61(44-54(63)60-40-25-24-39-58)55(64)65-48-35-37-56(5)47(43-48)31-32-49-51-34-33-50(46(4)29-26-28-45(2)3)57(51,6)38-36-52(49)56/h31,45-46,48-52H,7-30,32-44,58H2,1-6H3,(H,59,62)(H,60,63)/t46-,48+,49+,50-,51+,52+,56+,57-/m1/s1. The topological polar surface area (TPSA) is 114 Å². The molecule has 0 aromatic rings. The highest BCUT2D eigenvalue weighted by Crippen LogP contribution is 2.67. The number of amides is 3. The molecule has 4 rings (SSSR count). The first kappa shape index (κ1) is 55.5. The van der Waals surface area contributed by atoms with Gasteiger partial charge in [0.25, 0.3) is 0 Å². The molecule has 4 N–H and O–H groups in total. The molecule has 8 heteroatoms. The molecule has 0 spiro atoms. The summed E-state index contributed by atoms with van der Waals surface area (Å²) in [5.41, 5.74) is 7.82. The third kappa shape index (κ3) is 18.4. The van der Waals surface area contributed by atoms with Gasteiger partial charge in [0.05, 0.1) is 0 Å². The second-order valence-electron chi connectivity index (χ2n) is 22.9. The number of hydrogen-bond acceptors (Lipinski definition) is 5. The van der Waals surface area contributed by atoms with Gasteiger partial charge in [0.15, 0.2) is 0 Å². The zero-order valence-electron chi connectivity index (χ0n) is 43.4. The number of carbonyl (C=O) groups excluding carboxylic acids is 3. The predicted molar refractivity (Wildman–Crippen MR) is 273 cm³/mol. The van der Waals surface area contributed by atoms with E-state index >= 15 is 0 Å². The van der Waals surface area contributed by atoms with E-state index in [4.69, 9.17) is 10.5 Å². The van der Waals surface area contributed by atoms with Crippen LogP contribution in [0.4, 0.5) is 4.79 Å². The Morgan fingerprint density at radius 1 is 0.708 bits per heavy atom. The van der Waals surface area contributed by atoms with Crippen molar-refractivity contribution in [2.75, 3.05) is 32.7 Å². The normalized spacial score (nSPS) is 26.5. The van der Waals surface area contributed by atoms with Crippen LogP contribution in [0.2, 0.25) is 0 Å². The Labute approximate surface area is 400 Å². The van der Waals surface area contributed by atoms with Crippen LogP contribution in [0.25, 0.3) is 0 Å². The predicted octanol–water partition coefficient (Wildman–Crippen LogP) is 14.2. The first-order valence-electron chi connectivity index (χ1n) is 28.3. The van der Waals surface area contributed by atoms with Crippen LogP contribution in [-0.4, -0.2) is 61.6 Å². The van der Waals surface area contributed by atoms with E-state index in [9.17, 15) is 14.4 Å². The smallest absolute Gasteiger partial charge is 0.410 e. The largest absolute Gasteiger partial charge is 0.446 e. The van der Waals surface area contributed by atoms with Gasteiger partial charge in [-0.3, -0.25) is 14.5 Å². The number of hydrogen-bond donors (Lipinski definition) is 3. The number of fused-ring (bicyclic) bond motifs is 5. The summed E-state index contributed by atoms with van der Waals surface area (Å²) in [6, 6.07) is 0. The third-order valence-corrected chi connectivity index (χ3v) is 17.5. The van der Waals surface area contributed by atoms with Crippen LogP contribution in [0.5, 0.6) is 0 Å². The fraction of sp³-hybridized carbons (Fsp3) is 0.912. The van der Waals surface area contributed by atoms with E-state index in [-0.39, 0.29) is 29.9 Å². The number of nitrogens with two attached hydrogens (primary N) is 1. The number of unbranched alkanes of at least 4 members (excludes halogenated alkanes) is 17. The minimum atomic E-state index is -0.409. The number of nitrogens with one attached hydrogen (secondary N) is 2. The molecule has 376 valence electrons. The molecule has 4 aliphatic rings. The summed E-state index contributed by atoms with van der Waals surface area (Å²) in [6.45, 7) is 16.7. The van der Waals surface area contributed by atoms with E-state index in [1.165, 1.54) is 153 Å². The molecule has 3 fully saturated rings. The van der Waals surface area contributed by atoms with Crippen LogP contribution < -0.4 is 16.4 Å². The molecule has 4 aliphatic carbocycles. The molecule has 65 heavy (non-hydrogen) atoms. The molecule has 0 aliphatic heterocycles. The number of allylic oxidation sites excluding steroid dienone is 1. The van der Waals surface area contributed by atoms with Gasteiger partial charge in [0, 0.05) is 32.5 Å². The van der Waals surface area contributed by atoms with E-state index in [2.05, 4.69) is 58.3 Å². The average molecular weight is 909 g/mol. The Hall–Kier alpha value is -2.09. The minimum absolute atomic E-state index is 0.0387. The number of rotatable bonds is 34. The third-order valence-electron chi connectivity index (χ3n) is 17.5. The van der Waals surface area contributed by atoms with E-state index in [1.54, 1.807) is 4.90 Å². The quantitative estimate of drug-likeness (QED) is 0.0440. The van der Waals surface area contributed by atoms with E-state index in [1.807, 2.05) is 0 Å². The van der Waals surface area contributed by atoms with Crippen molar-refractivity contribution in [2.45, 2.75) is 253 Å². The first-order valence-corrected chi connectivity index (χ1v) is 28.3. The van der Waals surface area contributed by atoms with Crippen molar-refractivity contribution >= 4 is 17.9 Å². The van der Waals surface area contributed by atoms with E-state index in [0.717, 1.165) is 80.5 Å². The molecule has 3 saturated carbocycles. The maximum absolute atomic E-state index is 13.8. The lowest BCUT2D eigenvalue weighted by Gasteiger charge is -2.58. The van der Waals surface area contributed by atoms with Gasteiger partial charge < -0.3 is 21.1 Å². The second-order valence-corrected chi connectivity index (χ2v) is 22.9. The minimum Gasteiger partial charge on any atom is -0.446 e. The van der Waals surface area contributed by atoms with Crippen molar-refractivity contribution in [1.82, 2.24) is 15.5 Å². The monoisotopic (exact) mass is 909 g/mol. The molecule has 0 radical (unpaired) electrons. The van der Waals surface area contributed by atoms with Crippen molar-refractivity contribution in [3.63, 3.8) is 0 Å². The maximum Gasteiger partial charge on any atom is 0.410 e. The molecule has 0 unspecified atom stereocenters. The number of nitrogens with zero attached hydrogens (tertiary/aromatic N) is 1. The second kappa shape index (κ2) is 30.4. The summed E-state index contributed by atoms with van der Waals surface area (Å²) in [5, 5.41) is 6.04. The van der Waals surface area contributed by atoms with Crippen LogP contribution >= 0.6 is 0 Å². The molecule has 0 saturated heterocycles. The molecular formula is C57H104N4O4. The highest BCUT2D eigenvalue weighted by Gasteiger charge is 2.59. The summed E-state index contributed by atoms with van der Waals surface area (Å²) < 4.78 is 6.28. The first-order chi connectivity index (χ1) is 31.4. The lowest BCUT2D eigenvalue weighted by atomic mass is 9.47. The van der Waals surface area contributed by atoms with Gasteiger partial charge in [0.2, 0.25) is 11.8 Å². The van der Waals surface area contributed by atoms with Gasteiger partial charge in [-0.2, -0.15) is 0 Å². The molecule has 3 amide bonds. The summed E-state index contributed by atoms with van der Waals surface area (Å²) in [7, 11) is 0. The van der Waals surface area contributed by atoms with Crippen LogP contribution in [0.3, 0.4) is 0 Å². The van der Waals surface area contributed by atoms with Crippen molar-refractivity contribution in [3.8, 4) is 0 Å². The molecule has 8 nitrogen and oxygen atoms in total. The van der Waals surface area contributed by atoms with Gasteiger partial charge in [0.1, 0.15) is 12.6 Å². The molecule has 0 heterocycles. The van der Waals surface area contributed by atoms with Crippen LogP contribution in [0.15, 0.2) is 11.6 Å². The summed E-state index contributed by atoms with van der Waals surface area (Å²) >= 11 is 0. The maximum atomic E-state index is 13.8. The Morgan fingerprint density at radius 2 is 1.32 bits per heavy atom. The molecule has 0 aromatic heterocycles. The Bertz CT molecular complexity index is 1380. The lowest BCUT2D eigenvalue weighted by molar-refractivity contribution is -0.123. The van der Waals surface area contributed by atoms with Crippen molar-refractivity contribution in [1.29, 1.82) is 0 Å². The van der Waals surface area contributed by atoms with Gasteiger partial charge in [-0.25, -0.2) is 4.79 Å². The van der Waals surface area contributed by atoms with Crippen molar-refractivity contribution in [3.05, 3.63) is 11.6 Å². The Balaban J connectivity index is 1.15. The fourth-order valence-corrected chi connectivity index (χ4v) is 13.5. The average Bonchev–Trinajstić information content (AvgIpc) is 3.64. The lowest BCUT2D eigenvalue weighted by Crippen LogP contribution is -2.51. The van der Waals surface area contributed by atoms with E-state index in [0.29, 0.717) is 44.4 Å². The molecule has 0 bridgehead atoms. The van der Waals surface area contributed by atoms with Crippen LogP contribution in [-0.2, 0) is 14.3 Å². The SMILES string of the molecule is CCCCCCCCCCCCCCCCCCCC(=O)NCCCN(CC(=O)NCCCCN)C(=O)O[C@H]1CC[C@@]2(C)C(=CC[C@H]3[C@@H]4CC[C@H]([C@H](C)CCCC(C)C)[C@@]4(C)CC[C@@H]32)C1. The summed E-state index contributed by atoms with van der Waals surface area (Å²) in [6.07, 6.45) is 40.8. The van der Waals surface area contributed by atoms with Crippen molar-refractivity contribution in [2.24, 2.45) is 52.1 Å². The highest BCUT2D eigenvalue weighted by atomic mass is 16.6. The Kier molecular flexibility index (Phi) is 26.0. The Morgan fingerprint density at radius 3 is 1.95 bits per heavy atom. The fourth-order valence-electron chi connectivity index (χ4n) is 13.5. The zero-order chi connectivity index (χ0) is 46.9. The molecule has 8 atom stereocenters.